The van der Waals surface area contributed by atoms with Crippen LogP contribution in [0.3, 0.4) is 0 Å². The van der Waals surface area contributed by atoms with Crippen LogP contribution < -0.4 is 4.74 Å². The lowest BCUT2D eigenvalue weighted by Gasteiger charge is -2.07. The topological polar surface area (TPSA) is 39.2 Å². The van der Waals surface area contributed by atoms with Gasteiger partial charge in [-0.1, -0.05) is 12.1 Å². The molecule has 0 aliphatic carbocycles. The third-order valence-corrected chi connectivity index (χ3v) is 2.29. The summed E-state index contributed by atoms with van der Waals surface area (Å²) in [5.74, 6) is 0.816. The van der Waals surface area contributed by atoms with Crippen LogP contribution in [-0.4, -0.2) is 17.9 Å². The number of ether oxygens (including phenoxy) is 1. The van der Waals surface area contributed by atoms with Gasteiger partial charge in [-0.15, -0.1) is 0 Å². The number of hydrogen-bond donors (Lipinski definition) is 0. The van der Waals surface area contributed by atoms with Crippen molar-refractivity contribution in [3.05, 3.63) is 36.5 Å². The van der Waals surface area contributed by atoms with Gasteiger partial charge in [0, 0.05) is 18.0 Å². The van der Waals surface area contributed by atoms with Crippen molar-refractivity contribution >= 4 is 17.2 Å². The number of nitrogens with zero attached hydrogens (tertiary/aromatic N) is 1. The molecule has 0 spiro atoms. The first-order chi connectivity index (χ1) is 7.92. The monoisotopic (exact) mass is 214 g/mol. The van der Waals surface area contributed by atoms with Gasteiger partial charge in [0.2, 0.25) is 0 Å². The van der Waals surface area contributed by atoms with Crippen molar-refractivity contribution in [3.8, 4) is 5.75 Å². The van der Waals surface area contributed by atoms with Crippen LogP contribution in [0, 0.1) is 0 Å². The minimum Gasteiger partial charge on any atom is -0.493 e. The van der Waals surface area contributed by atoms with Gasteiger partial charge in [-0.3, -0.25) is 9.78 Å². The summed E-state index contributed by atoms with van der Waals surface area (Å²) in [6.45, 7) is 0.531. The number of benzene rings is 1. The molecule has 0 aliphatic rings. The maximum atomic E-state index is 10.0. The Bertz CT molecular complexity index is 477. The molecule has 0 atom stereocenters. The predicted octanol–water partition coefficient (Wildman–Crippen LogP) is 2.50. The van der Waals surface area contributed by atoms with Crippen LogP contribution in [0.4, 0.5) is 0 Å². The zero-order chi connectivity index (χ0) is 11.2. The third kappa shape index (κ3) is 2.37. The number of rotatable bonds is 5. The number of fused-ring (bicyclic) bond motifs is 1. The molecule has 0 N–H and O–H groups in total. The largest absolute Gasteiger partial charge is 0.493 e. The molecule has 1 aromatic carbocycles. The molecular weight excluding hydrogens is 202 g/mol. The van der Waals surface area contributed by atoms with Gasteiger partial charge in [-0.25, -0.2) is 0 Å². The first-order valence-corrected chi connectivity index (χ1v) is 5.23. The molecule has 1 heterocycles. The van der Waals surface area contributed by atoms with Gasteiger partial charge in [-0.05, 0) is 24.6 Å². The highest BCUT2D eigenvalue weighted by Crippen LogP contribution is 2.23. The minimum atomic E-state index is 0.420. The van der Waals surface area contributed by atoms with E-state index in [9.17, 15) is 4.79 Å². The zero-order valence-electron chi connectivity index (χ0n) is 8.85. The van der Waals surface area contributed by atoms with Gasteiger partial charge in [0.1, 0.15) is 5.75 Å². The van der Waals surface area contributed by atoms with E-state index in [1.54, 1.807) is 6.20 Å². The molecule has 0 bridgehead atoms. The third-order valence-electron chi connectivity index (χ3n) is 2.29. The Labute approximate surface area is 94.1 Å². The molecule has 81 valence electrons. The first-order valence-electron chi connectivity index (χ1n) is 5.23. The van der Waals surface area contributed by atoms with E-state index < -0.39 is 0 Å². The number of unbranched alkanes of at least 4 members (excludes halogenated alkanes) is 1. The van der Waals surface area contributed by atoms with E-state index in [0.717, 1.165) is 16.7 Å². The van der Waals surface area contributed by atoms with Crippen LogP contribution in [0.15, 0.2) is 36.5 Å². The summed E-state index contributed by atoms with van der Waals surface area (Å²) in [4.78, 5) is 14.3. The highest BCUT2D eigenvalue weighted by Gasteiger charge is 2.01. The summed E-state index contributed by atoms with van der Waals surface area (Å²) >= 11 is 0. The number of aromatic nitrogens is 1. The van der Waals surface area contributed by atoms with Gasteiger partial charge in [0.25, 0.3) is 0 Å². The molecular formula is C13H12NO2. The van der Waals surface area contributed by atoms with E-state index in [1.807, 2.05) is 36.6 Å². The van der Waals surface area contributed by atoms with Crippen molar-refractivity contribution in [2.24, 2.45) is 0 Å². The fourth-order valence-corrected chi connectivity index (χ4v) is 1.52. The van der Waals surface area contributed by atoms with Crippen molar-refractivity contribution in [1.29, 1.82) is 0 Å². The summed E-state index contributed by atoms with van der Waals surface area (Å²) in [7, 11) is 0. The Morgan fingerprint density at radius 3 is 3.00 bits per heavy atom. The molecule has 2 rings (SSSR count). The number of hydrogen-bond acceptors (Lipinski definition) is 3. The van der Waals surface area contributed by atoms with Crippen LogP contribution in [0.25, 0.3) is 10.9 Å². The molecule has 0 unspecified atom stereocenters. The van der Waals surface area contributed by atoms with Crippen molar-refractivity contribution in [3.63, 3.8) is 0 Å². The van der Waals surface area contributed by atoms with Crippen molar-refractivity contribution in [2.75, 3.05) is 6.61 Å². The average Bonchev–Trinajstić information content (AvgIpc) is 2.35. The van der Waals surface area contributed by atoms with Crippen LogP contribution in [-0.2, 0) is 4.79 Å². The summed E-state index contributed by atoms with van der Waals surface area (Å²) in [6, 6.07) is 9.66. The summed E-state index contributed by atoms with van der Waals surface area (Å²) in [5.41, 5.74) is 0.918. The van der Waals surface area contributed by atoms with E-state index >= 15 is 0 Å². The average molecular weight is 214 g/mol. The number of para-hydroxylation sites is 1. The molecule has 0 saturated carbocycles. The Balaban J connectivity index is 2.14. The van der Waals surface area contributed by atoms with E-state index in [4.69, 9.17) is 4.74 Å². The SMILES string of the molecule is O=[C]CCCOc1ccnc2ccccc12. The maximum Gasteiger partial charge on any atom is 0.198 e. The number of carbonyl (C=O) groups excluding carboxylic acids is 1. The quantitative estimate of drug-likeness (QED) is 0.718. The Kier molecular flexibility index (Phi) is 3.49. The Morgan fingerprint density at radius 2 is 2.12 bits per heavy atom. The van der Waals surface area contributed by atoms with E-state index in [0.29, 0.717) is 19.4 Å². The van der Waals surface area contributed by atoms with Crippen LogP contribution >= 0.6 is 0 Å². The Hall–Kier alpha value is -1.90. The van der Waals surface area contributed by atoms with Gasteiger partial charge >= 0.3 is 0 Å². The van der Waals surface area contributed by atoms with E-state index in [2.05, 4.69) is 4.98 Å². The predicted molar refractivity (Wildman–Crippen MR) is 62.2 cm³/mol. The van der Waals surface area contributed by atoms with Gasteiger partial charge < -0.3 is 4.74 Å². The van der Waals surface area contributed by atoms with Crippen LogP contribution in [0.1, 0.15) is 12.8 Å². The molecule has 0 amide bonds. The zero-order valence-corrected chi connectivity index (χ0v) is 8.85. The minimum absolute atomic E-state index is 0.420. The molecule has 3 heteroatoms. The van der Waals surface area contributed by atoms with Crippen LogP contribution in [0.5, 0.6) is 5.75 Å². The second kappa shape index (κ2) is 5.26. The van der Waals surface area contributed by atoms with Gasteiger partial charge in [0.05, 0.1) is 12.1 Å². The van der Waals surface area contributed by atoms with E-state index in [1.165, 1.54) is 0 Å². The molecule has 1 aromatic heterocycles. The summed E-state index contributed by atoms with van der Waals surface area (Å²) in [5, 5.41) is 1.00. The van der Waals surface area contributed by atoms with Crippen LogP contribution in [0.2, 0.25) is 0 Å². The number of pyridine rings is 1. The lowest BCUT2D eigenvalue weighted by molar-refractivity contribution is 0.316. The lowest BCUT2D eigenvalue weighted by Crippen LogP contribution is -1.98. The van der Waals surface area contributed by atoms with Gasteiger partial charge in [-0.2, -0.15) is 0 Å². The molecule has 16 heavy (non-hydrogen) atoms. The van der Waals surface area contributed by atoms with Crippen molar-refractivity contribution in [1.82, 2.24) is 4.98 Å². The maximum absolute atomic E-state index is 10.0. The fourth-order valence-electron chi connectivity index (χ4n) is 1.52. The lowest BCUT2D eigenvalue weighted by atomic mass is 10.2. The molecule has 0 aliphatic heterocycles. The first kappa shape index (κ1) is 10.6. The Morgan fingerprint density at radius 1 is 1.25 bits per heavy atom. The summed E-state index contributed by atoms with van der Waals surface area (Å²) in [6.07, 6.45) is 4.69. The summed E-state index contributed by atoms with van der Waals surface area (Å²) < 4.78 is 5.60. The molecule has 3 nitrogen and oxygen atoms in total. The van der Waals surface area contributed by atoms with E-state index in [-0.39, 0.29) is 0 Å². The molecule has 0 saturated heterocycles. The molecule has 2 aromatic rings. The second-order valence-electron chi connectivity index (χ2n) is 3.42. The highest BCUT2D eigenvalue weighted by atomic mass is 16.5. The normalized spacial score (nSPS) is 10.2. The standard InChI is InChI=1S/C13H12NO2/c15-9-3-4-10-16-13-7-8-14-12-6-2-1-5-11(12)13/h1-2,5-8H,3-4,10H2. The molecule has 0 fully saturated rings. The smallest absolute Gasteiger partial charge is 0.198 e. The van der Waals surface area contributed by atoms with Crippen molar-refractivity contribution in [2.45, 2.75) is 12.8 Å². The highest BCUT2D eigenvalue weighted by molar-refractivity contribution is 5.84. The fraction of sp³-hybridized carbons (Fsp3) is 0.231. The molecule has 1 radical (unpaired) electrons. The van der Waals surface area contributed by atoms with Crippen molar-refractivity contribution < 1.29 is 9.53 Å². The second-order valence-corrected chi connectivity index (χ2v) is 3.42. The van der Waals surface area contributed by atoms with Gasteiger partial charge in [0.15, 0.2) is 6.29 Å².